The Hall–Kier alpha value is -2.16. The van der Waals surface area contributed by atoms with Gasteiger partial charge in [-0.1, -0.05) is 24.3 Å². The van der Waals surface area contributed by atoms with Gasteiger partial charge in [0, 0.05) is 31.6 Å². The van der Waals surface area contributed by atoms with Gasteiger partial charge in [-0.05, 0) is 76.3 Å². The number of nitrogens with zero attached hydrogens (tertiary/aromatic N) is 2. The van der Waals surface area contributed by atoms with E-state index in [0.717, 1.165) is 32.0 Å². The predicted octanol–water partition coefficient (Wildman–Crippen LogP) is 4.51. The average Bonchev–Trinajstić information content (AvgIpc) is 2.84. The van der Waals surface area contributed by atoms with Gasteiger partial charge in [0.05, 0.1) is 12.7 Å². The fraction of sp³-hybridized carbons (Fsp3) is 0.607. The molecule has 1 N–H and O–H groups in total. The topological polar surface area (TPSA) is 53.0 Å². The number of alkyl halides is 1. The van der Waals surface area contributed by atoms with Crippen molar-refractivity contribution in [2.24, 2.45) is 5.92 Å². The van der Waals surface area contributed by atoms with Crippen molar-refractivity contribution in [1.29, 1.82) is 0 Å². The highest BCUT2D eigenvalue weighted by Gasteiger charge is 2.43. The molecule has 198 valence electrons. The molecule has 1 amide bonds. The van der Waals surface area contributed by atoms with Crippen LogP contribution in [0.15, 0.2) is 36.4 Å². The van der Waals surface area contributed by atoms with Crippen LogP contribution in [0.1, 0.15) is 51.5 Å². The molecule has 8 heteroatoms. The molecule has 0 radical (unpaired) electrons. The Bertz CT molecular complexity index is 998. The third-order valence-corrected chi connectivity index (χ3v) is 7.35. The lowest BCUT2D eigenvalue weighted by atomic mass is 9.87. The summed E-state index contributed by atoms with van der Waals surface area (Å²) < 4.78 is 48.6. The maximum atomic E-state index is 14.4. The Morgan fingerprint density at radius 3 is 2.58 bits per heavy atom. The van der Waals surface area contributed by atoms with E-state index in [1.54, 1.807) is 37.0 Å². The van der Waals surface area contributed by atoms with E-state index in [4.69, 9.17) is 4.74 Å². The number of aliphatic hydroxyl groups is 1. The van der Waals surface area contributed by atoms with Gasteiger partial charge < -0.3 is 19.6 Å². The van der Waals surface area contributed by atoms with Gasteiger partial charge in [0.2, 0.25) is 0 Å². The van der Waals surface area contributed by atoms with Gasteiger partial charge in [0.25, 0.3) is 5.91 Å². The van der Waals surface area contributed by atoms with E-state index in [1.807, 2.05) is 0 Å². The summed E-state index contributed by atoms with van der Waals surface area (Å²) in [7, 11) is 0. The van der Waals surface area contributed by atoms with Gasteiger partial charge in [-0.15, -0.1) is 0 Å². The summed E-state index contributed by atoms with van der Waals surface area (Å²) in [6.45, 7) is 6.29. The number of carbonyl (C=O) groups excluding carboxylic acids is 1. The van der Waals surface area contributed by atoms with E-state index < -0.39 is 29.0 Å². The SMILES string of the molecule is CC(C)(F)CN1CCC(COC2(C(=O)N3CCCC(O)C3)C=CC(c3cccc(F)c3F)=CC2)CC1. The molecule has 2 atom stereocenters. The molecule has 4 rings (SSSR count). The molecule has 3 aliphatic rings. The molecule has 0 saturated carbocycles. The zero-order valence-electron chi connectivity index (χ0n) is 21.2. The largest absolute Gasteiger partial charge is 0.391 e. The van der Waals surface area contributed by atoms with Crippen LogP contribution in [-0.4, -0.2) is 77.5 Å². The van der Waals surface area contributed by atoms with Crippen molar-refractivity contribution in [3.8, 4) is 0 Å². The van der Waals surface area contributed by atoms with Crippen molar-refractivity contribution in [1.82, 2.24) is 9.80 Å². The molecule has 1 aromatic carbocycles. The number of aliphatic hydroxyl groups excluding tert-OH is 1. The first-order valence-corrected chi connectivity index (χ1v) is 12.9. The number of halogens is 3. The van der Waals surface area contributed by atoms with E-state index in [-0.39, 0.29) is 30.4 Å². The number of benzene rings is 1. The smallest absolute Gasteiger partial charge is 0.259 e. The fourth-order valence-electron chi connectivity index (χ4n) is 5.39. The number of rotatable bonds is 7. The fourth-order valence-corrected chi connectivity index (χ4v) is 5.39. The number of carbonyl (C=O) groups is 1. The first-order chi connectivity index (χ1) is 17.1. The minimum atomic E-state index is -1.26. The van der Waals surface area contributed by atoms with Crippen molar-refractivity contribution in [3.63, 3.8) is 0 Å². The molecule has 1 aliphatic carbocycles. The van der Waals surface area contributed by atoms with Crippen LogP contribution in [0.2, 0.25) is 0 Å². The molecule has 2 fully saturated rings. The van der Waals surface area contributed by atoms with E-state index in [0.29, 0.717) is 38.1 Å². The molecule has 2 aliphatic heterocycles. The molecule has 1 aromatic rings. The zero-order valence-corrected chi connectivity index (χ0v) is 21.2. The molecule has 2 heterocycles. The van der Waals surface area contributed by atoms with Gasteiger partial charge in [0.15, 0.2) is 17.2 Å². The van der Waals surface area contributed by atoms with Crippen LogP contribution < -0.4 is 0 Å². The highest BCUT2D eigenvalue weighted by molar-refractivity contribution is 5.90. The molecular weight excluding hydrogens is 469 g/mol. The van der Waals surface area contributed by atoms with Gasteiger partial charge in [0.1, 0.15) is 5.67 Å². The Kier molecular flexibility index (Phi) is 8.27. The number of ether oxygens (including phenoxy) is 1. The van der Waals surface area contributed by atoms with E-state index in [1.165, 1.54) is 12.1 Å². The van der Waals surface area contributed by atoms with Gasteiger partial charge in [-0.25, -0.2) is 13.2 Å². The molecule has 36 heavy (non-hydrogen) atoms. The Morgan fingerprint density at radius 2 is 1.94 bits per heavy atom. The summed E-state index contributed by atoms with van der Waals surface area (Å²) in [5.41, 5.74) is -1.86. The van der Waals surface area contributed by atoms with Crippen LogP contribution in [-0.2, 0) is 9.53 Å². The second kappa shape index (κ2) is 11.1. The third-order valence-electron chi connectivity index (χ3n) is 7.35. The summed E-state index contributed by atoms with van der Waals surface area (Å²) in [5.74, 6) is -1.82. The number of hydrogen-bond acceptors (Lipinski definition) is 4. The molecule has 0 aromatic heterocycles. The van der Waals surface area contributed by atoms with Crippen LogP contribution in [0.5, 0.6) is 0 Å². The molecule has 5 nitrogen and oxygen atoms in total. The minimum Gasteiger partial charge on any atom is -0.391 e. The van der Waals surface area contributed by atoms with Crippen LogP contribution in [0, 0.1) is 17.6 Å². The molecule has 2 unspecified atom stereocenters. The number of amides is 1. The maximum absolute atomic E-state index is 14.4. The van der Waals surface area contributed by atoms with E-state index >= 15 is 0 Å². The third kappa shape index (κ3) is 6.39. The normalized spacial score (nSPS) is 26.2. The molecular formula is C28H37F3N2O3. The van der Waals surface area contributed by atoms with E-state index in [2.05, 4.69) is 4.90 Å². The summed E-state index contributed by atoms with van der Waals surface area (Å²) in [6, 6.07) is 4.04. The van der Waals surface area contributed by atoms with Crippen LogP contribution in [0.3, 0.4) is 0 Å². The lowest BCUT2D eigenvalue weighted by molar-refractivity contribution is -0.157. The zero-order chi connectivity index (χ0) is 25.9. The van der Waals surface area contributed by atoms with Crippen molar-refractivity contribution < 1.29 is 27.8 Å². The second-order valence-electron chi connectivity index (χ2n) is 11.0. The van der Waals surface area contributed by atoms with Crippen molar-refractivity contribution >= 4 is 11.5 Å². The number of allylic oxidation sites excluding steroid dienone is 2. The summed E-state index contributed by atoms with van der Waals surface area (Å²) >= 11 is 0. The van der Waals surface area contributed by atoms with Crippen molar-refractivity contribution in [2.75, 3.05) is 39.3 Å². The minimum absolute atomic E-state index is 0.142. The molecule has 0 spiro atoms. The molecule has 2 saturated heterocycles. The maximum Gasteiger partial charge on any atom is 0.259 e. The predicted molar refractivity (Wildman–Crippen MR) is 133 cm³/mol. The van der Waals surface area contributed by atoms with Crippen LogP contribution >= 0.6 is 0 Å². The summed E-state index contributed by atoms with van der Waals surface area (Å²) in [6.07, 6.45) is 7.71. The highest BCUT2D eigenvalue weighted by Crippen LogP contribution is 2.34. The quantitative estimate of drug-likeness (QED) is 0.592. The number of hydrogen-bond donors (Lipinski definition) is 1. The summed E-state index contributed by atoms with van der Waals surface area (Å²) in [4.78, 5) is 17.5. The molecule has 0 bridgehead atoms. The van der Waals surface area contributed by atoms with Crippen LogP contribution in [0.25, 0.3) is 5.57 Å². The lowest BCUT2D eigenvalue weighted by Crippen LogP contribution is -2.54. The lowest BCUT2D eigenvalue weighted by Gasteiger charge is -2.40. The van der Waals surface area contributed by atoms with Crippen LogP contribution in [0.4, 0.5) is 13.2 Å². The highest BCUT2D eigenvalue weighted by atomic mass is 19.2. The van der Waals surface area contributed by atoms with Gasteiger partial charge >= 0.3 is 0 Å². The second-order valence-corrected chi connectivity index (χ2v) is 11.0. The number of likely N-dealkylation sites (tertiary alicyclic amines) is 2. The average molecular weight is 507 g/mol. The Balaban J connectivity index is 1.47. The Morgan fingerprint density at radius 1 is 1.19 bits per heavy atom. The first-order valence-electron chi connectivity index (χ1n) is 12.9. The standard InChI is InChI=1S/C28H37F3N2O3/c1-27(2,31)19-32-15-10-20(11-16-32)18-36-28(26(35)33-14-4-5-22(34)17-33)12-8-21(9-13-28)23-6-3-7-24(29)25(23)30/h3,6-9,12,20,22,34H,4-5,10-11,13-19H2,1-2H3. The first kappa shape index (κ1) is 26.9. The van der Waals surface area contributed by atoms with Gasteiger partial charge in [-0.2, -0.15) is 0 Å². The number of β-amino-alcohol motifs (C(OH)–C–C–N with tert-alkyl or cyclic N) is 1. The van der Waals surface area contributed by atoms with Crippen molar-refractivity contribution in [2.45, 2.75) is 63.3 Å². The Labute approximate surface area is 211 Å². The monoisotopic (exact) mass is 506 g/mol. The van der Waals surface area contributed by atoms with E-state index in [9.17, 15) is 23.1 Å². The number of piperidine rings is 2. The van der Waals surface area contributed by atoms with Crippen molar-refractivity contribution in [3.05, 3.63) is 53.6 Å². The summed E-state index contributed by atoms with van der Waals surface area (Å²) in [5, 5.41) is 10.1. The van der Waals surface area contributed by atoms with Gasteiger partial charge in [-0.3, -0.25) is 4.79 Å².